The molecule has 2 aromatic rings. The zero-order valence-corrected chi connectivity index (χ0v) is 16.6. The minimum absolute atomic E-state index is 0.107. The Labute approximate surface area is 164 Å². The number of halogens is 1. The summed E-state index contributed by atoms with van der Waals surface area (Å²) in [5.41, 5.74) is 1.62. The number of nitrogens with one attached hydrogen (secondary N) is 1. The van der Waals surface area contributed by atoms with Crippen LogP contribution >= 0.6 is 11.6 Å². The molecule has 27 heavy (non-hydrogen) atoms. The highest BCUT2D eigenvalue weighted by Crippen LogP contribution is 2.36. The highest BCUT2D eigenvalue weighted by Gasteiger charge is 2.27. The van der Waals surface area contributed by atoms with Crippen LogP contribution in [0.3, 0.4) is 0 Å². The molecule has 7 heteroatoms. The summed E-state index contributed by atoms with van der Waals surface area (Å²) in [5.74, 6) is -0.116. The van der Waals surface area contributed by atoms with Crippen LogP contribution in [0.15, 0.2) is 47.4 Å². The third kappa shape index (κ3) is 4.82. The highest BCUT2D eigenvalue weighted by atomic mass is 35.5. The molecule has 0 spiro atoms. The lowest BCUT2D eigenvalue weighted by Crippen LogP contribution is -2.26. The molecule has 3 rings (SSSR count). The SMILES string of the molecule is CS(=O)(=O)c1cc(NC(=O)C2CCC(c3ccc(Cl)cc3)CC2)ccc1O. The van der Waals surface area contributed by atoms with Gasteiger partial charge in [0.15, 0.2) is 9.84 Å². The summed E-state index contributed by atoms with van der Waals surface area (Å²) in [4.78, 5) is 12.4. The van der Waals surface area contributed by atoms with Crippen LogP contribution in [0.1, 0.15) is 37.2 Å². The van der Waals surface area contributed by atoms with Gasteiger partial charge in [-0.15, -0.1) is 0 Å². The van der Waals surface area contributed by atoms with Crippen LogP contribution in [0.5, 0.6) is 5.75 Å². The van der Waals surface area contributed by atoms with Gasteiger partial charge in [-0.05, 0) is 67.5 Å². The van der Waals surface area contributed by atoms with Crippen LogP contribution in [-0.4, -0.2) is 25.7 Å². The molecule has 144 valence electrons. The van der Waals surface area contributed by atoms with E-state index in [1.54, 1.807) is 0 Å². The van der Waals surface area contributed by atoms with Gasteiger partial charge in [-0.3, -0.25) is 4.79 Å². The van der Waals surface area contributed by atoms with Gasteiger partial charge in [-0.25, -0.2) is 8.42 Å². The summed E-state index contributed by atoms with van der Waals surface area (Å²) in [6, 6.07) is 11.9. The van der Waals surface area contributed by atoms with E-state index < -0.39 is 9.84 Å². The van der Waals surface area contributed by atoms with Crippen LogP contribution in [0.2, 0.25) is 5.02 Å². The predicted octanol–water partition coefficient (Wildman–Crippen LogP) is 4.36. The molecule has 0 radical (unpaired) electrons. The number of benzene rings is 2. The van der Waals surface area contributed by atoms with Gasteiger partial charge in [-0.2, -0.15) is 0 Å². The zero-order chi connectivity index (χ0) is 19.6. The molecule has 1 fully saturated rings. The second-order valence-corrected chi connectivity index (χ2v) is 9.46. The van der Waals surface area contributed by atoms with Crippen LogP contribution in [0.25, 0.3) is 0 Å². The van der Waals surface area contributed by atoms with Crippen LogP contribution in [0, 0.1) is 5.92 Å². The summed E-state index contributed by atoms with van der Waals surface area (Å²) in [7, 11) is -3.57. The van der Waals surface area contributed by atoms with Gasteiger partial charge in [0.25, 0.3) is 0 Å². The molecule has 0 heterocycles. The number of phenolic OH excluding ortho intramolecular Hbond substituents is 1. The van der Waals surface area contributed by atoms with Crippen molar-refractivity contribution in [1.82, 2.24) is 0 Å². The van der Waals surface area contributed by atoms with Gasteiger partial charge in [0.1, 0.15) is 10.6 Å². The molecule has 1 aliphatic carbocycles. The molecule has 1 amide bonds. The Hall–Kier alpha value is -2.05. The zero-order valence-electron chi connectivity index (χ0n) is 15.0. The monoisotopic (exact) mass is 407 g/mol. The molecule has 0 bridgehead atoms. The molecule has 1 saturated carbocycles. The average molecular weight is 408 g/mol. The number of aromatic hydroxyl groups is 1. The van der Waals surface area contributed by atoms with Gasteiger partial charge in [0, 0.05) is 22.9 Å². The number of hydrogen-bond acceptors (Lipinski definition) is 4. The maximum atomic E-state index is 12.6. The molecule has 0 saturated heterocycles. The number of hydrogen-bond donors (Lipinski definition) is 2. The fourth-order valence-electron chi connectivity index (χ4n) is 3.56. The Balaban J connectivity index is 1.62. The minimum atomic E-state index is -3.57. The van der Waals surface area contributed by atoms with E-state index in [0.29, 0.717) is 16.6 Å². The standard InChI is InChI=1S/C20H22ClNO4S/c1-27(25,26)19-12-17(10-11-18(19)23)22-20(24)15-4-2-13(3-5-15)14-6-8-16(21)9-7-14/h6-13,15,23H,2-5H2,1H3,(H,22,24). The summed E-state index contributed by atoms with van der Waals surface area (Å²) in [5, 5.41) is 13.2. The number of rotatable bonds is 4. The molecule has 1 aliphatic rings. The summed E-state index contributed by atoms with van der Waals surface area (Å²) < 4.78 is 23.4. The van der Waals surface area contributed by atoms with E-state index in [9.17, 15) is 18.3 Å². The Morgan fingerprint density at radius 2 is 1.70 bits per heavy atom. The first kappa shape index (κ1) is 19.7. The topological polar surface area (TPSA) is 83.5 Å². The molecule has 0 atom stereocenters. The van der Waals surface area contributed by atoms with E-state index in [1.807, 2.05) is 24.3 Å². The molecular weight excluding hydrogens is 386 g/mol. The second-order valence-electron chi connectivity index (χ2n) is 7.04. The molecule has 2 aromatic carbocycles. The molecule has 5 nitrogen and oxygen atoms in total. The van der Waals surface area contributed by atoms with Crippen molar-refractivity contribution in [3.63, 3.8) is 0 Å². The maximum absolute atomic E-state index is 12.6. The van der Waals surface area contributed by atoms with Crippen molar-refractivity contribution in [1.29, 1.82) is 0 Å². The maximum Gasteiger partial charge on any atom is 0.227 e. The van der Waals surface area contributed by atoms with E-state index in [0.717, 1.165) is 31.9 Å². The summed E-state index contributed by atoms with van der Waals surface area (Å²) in [6.07, 6.45) is 4.41. The fraction of sp³-hybridized carbons (Fsp3) is 0.350. The van der Waals surface area contributed by atoms with E-state index >= 15 is 0 Å². The van der Waals surface area contributed by atoms with E-state index in [-0.39, 0.29) is 22.5 Å². The number of carbonyl (C=O) groups is 1. The third-order valence-electron chi connectivity index (χ3n) is 5.07. The van der Waals surface area contributed by atoms with Crippen molar-refractivity contribution in [2.24, 2.45) is 5.92 Å². The van der Waals surface area contributed by atoms with Gasteiger partial charge in [-0.1, -0.05) is 23.7 Å². The van der Waals surface area contributed by atoms with Gasteiger partial charge >= 0.3 is 0 Å². The van der Waals surface area contributed by atoms with Crippen molar-refractivity contribution in [2.45, 2.75) is 36.5 Å². The van der Waals surface area contributed by atoms with E-state index in [2.05, 4.69) is 5.32 Å². The van der Waals surface area contributed by atoms with Crippen molar-refractivity contribution in [2.75, 3.05) is 11.6 Å². The second kappa shape index (κ2) is 7.90. The minimum Gasteiger partial charge on any atom is -0.507 e. The van der Waals surface area contributed by atoms with Gasteiger partial charge in [0.05, 0.1) is 0 Å². The number of carbonyl (C=O) groups excluding carboxylic acids is 1. The lowest BCUT2D eigenvalue weighted by atomic mass is 9.78. The Kier molecular flexibility index (Phi) is 5.77. The molecule has 2 N–H and O–H groups in total. The Bertz CT molecular complexity index is 933. The molecule has 0 aromatic heterocycles. The molecule has 0 aliphatic heterocycles. The van der Waals surface area contributed by atoms with Crippen LogP contribution < -0.4 is 5.32 Å². The molecule has 0 unspecified atom stereocenters. The van der Waals surface area contributed by atoms with Gasteiger partial charge < -0.3 is 10.4 Å². The normalized spacial score (nSPS) is 20.2. The third-order valence-corrected chi connectivity index (χ3v) is 6.44. The van der Waals surface area contributed by atoms with Crippen molar-refractivity contribution < 1.29 is 18.3 Å². The summed E-state index contributed by atoms with van der Waals surface area (Å²) >= 11 is 5.94. The fourth-order valence-corrected chi connectivity index (χ4v) is 4.47. The van der Waals surface area contributed by atoms with Crippen molar-refractivity contribution in [3.05, 3.63) is 53.1 Å². The summed E-state index contributed by atoms with van der Waals surface area (Å²) in [6.45, 7) is 0. The van der Waals surface area contributed by atoms with Gasteiger partial charge in [0.2, 0.25) is 5.91 Å². The first-order valence-corrected chi connectivity index (χ1v) is 11.1. The van der Waals surface area contributed by atoms with Crippen molar-refractivity contribution in [3.8, 4) is 5.75 Å². The van der Waals surface area contributed by atoms with Crippen LogP contribution in [-0.2, 0) is 14.6 Å². The van der Waals surface area contributed by atoms with Crippen LogP contribution in [0.4, 0.5) is 5.69 Å². The lowest BCUT2D eigenvalue weighted by molar-refractivity contribution is -0.120. The van der Waals surface area contributed by atoms with E-state index in [4.69, 9.17) is 11.6 Å². The number of sulfone groups is 1. The molecular formula is C20H22ClNO4S. The number of anilines is 1. The quantitative estimate of drug-likeness (QED) is 0.737. The largest absolute Gasteiger partial charge is 0.507 e. The number of amides is 1. The first-order valence-electron chi connectivity index (χ1n) is 8.83. The predicted molar refractivity (Wildman–Crippen MR) is 106 cm³/mol. The van der Waals surface area contributed by atoms with E-state index in [1.165, 1.54) is 23.8 Å². The Morgan fingerprint density at radius 3 is 2.30 bits per heavy atom. The smallest absolute Gasteiger partial charge is 0.227 e. The number of phenols is 1. The average Bonchev–Trinajstić information content (AvgIpc) is 2.63. The highest BCUT2D eigenvalue weighted by molar-refractivity contribution is 7.90. The lowest BCUT2D eigenvalue weighted by Gasteiger charge is -2.28. The van der Waals surface area contributed by atoms with Crippen molar-refractivity contribution >= 4 is 33.0 Å². The first-order chi connectivity index (χ1) is 12.7. The Morgan fingerprint density at radius 1 is 1.07 bits per heavy atom.